The summed E-state index contributed by atoms with van der Waals surface area (Å²) in [6.07, 6.45) is 0.720. The Labute approximate surface area is 167 Å². The maximum Gasteiger partial charge on any atom is 0.142 e. The average Bonchev–Trinajstić information content (AvgIpc) is 3.09. The van der Waals surface area contributed by atoms with E-state index in [1.54, 1.807) is 11.3 Å². The fourth-order valence-electron chi connectivity index (χ4n) is 3.50. The van der Waals surface area contributed by atoms with Crippen molar-refractivity contribution in [1.82, 2.24) is 9.97 Å². The van der Waals surface area contributed by atoms with Crippen LogP contribution in [-0.2, 0) is 6.42 Å². The van der Waals surface area contributed by atoms with Gasteiger partial charge < -0.3 is 5.32 Å². The largest absolute Gasteiger partial charge is 0.339 e. The summed E-state index contributed by atoms with van der Waals surface area (Å²) in [5, 5.41) is 7.06. The number of fused-ring (bicyclic) bond motifs is 2. The third-order valence-electron chi connectivity index (χ3n) is 4.81. The molecule has 0 amide bonds. The minimum absolute atomic E-state index is 0.720. The molecule has 3 aromatic carbocycles. The highest BCUT2D eigenvalue weighted by atomic mass is 32.1. The molecule has 0 aliphatic heterocycles. The maximum atomic E-state index is 4.90. The first-order chi connectivity index (χ1) is 13.8. The second-order valence-corrected chi connectivity index (χ2v) is 8.11. The molecule has 5 rings (SSSR count). The second-order valence-electron chi connectivity index (χ2n) is 6.88. The van der Waals surface area contributed by atoms with Gasteiger partial charge in [0.2, 0.25) is 0 Å². The van der Waals surface area contributed by atoms with Crippen LogP contribution in [0.1, 0.15) is 16.3 Å². The summed E-state index contributed by atoms with van der Waals surface area (Å²) in [4.78, 5) is 12.0. The van der Waals surface area contributed by atoms with E-state index in [2.05, 4.69) is 85.0 Å². The number of aryl methyl sites for hydroxylation is 1. The average molecular weight is 382 g/mol. The second kappa shape index (κ2) is 7.06. The third kappa shape index (κ3) is 3.23. The number of anilines is 2. The lowest BCUT2D eigenvalue weighted by molar-refractivity contribution is 1.000. The quantitative estimate of drug-likeness (QED) is 0.387. The molecule has 0 aliphatic rings. The van der Waals surface area contributed by atoms with E-state index in [1.807, 2.05) is 6.07 Å². The Morgan fingerprint density at radius 3 is 2.50 bits per heavy atom. The van der Waals surface area contributed by atoms with Crippen LogP contribution >= 0.6 is 11.3 Å². The van der Waals surface area contributed by atoms with Crippen molar-refractivity contribution in [2.75, 3.05) is 5.32 Å². The van der Waals surface area contributed by atoms with E-state index in [0.717, 1.165) is 34.0 Å². The van der Waals surface area contributed by atoms with Gasteiger partial charge in [0.05, 0.1) is 5.39 Å². The minimum Gasteiger partial charge on any atom is -0.339 e. The fourth-order valence-corrected chi connectivity index (χ4v) is 4.40. The van der Waals surface area contributed by atoms with Crippen LogP contribution in [0.2, 0.25) is 0 Å². The molecule has 136 valence electrons. The van der Waals surface area contributed by atoms with Gasteiger partial charge in [0.15, 0.2) is 0 Å². The van der Waals surface area contributed by atoms with Gasteiger partial charge in [0.1, 0.15) is 16.5 Å². The number of nitrogens with one attached hydrogen (secondary N) is 1. The van der Waals surface area contributed by atoms with Crippen LogP contribution in [0, 0.1) is 6.92 Å². The van der Waals surface area contributed by atoms with E-state index in [4.69, 9.17) is 9.97 Å². The first kappa shape index (κ1) is 16.9. The van der Waals surface area contributed by atoms with Gasteiger partial charge in [0.25, 0.3) is 0 Å². The van der Waals surface area contributed by atoms with E-state index >= 15 is 0 Å². The van der Waals surface area contributed by atoms with E-state index < -0.39 is 0 Å². The van der Waals surface area contributed by atoms with Crippen LogP contribution in [0.4, 0.5) is 11.5 Å². The SMILES string of the molecule is Cc1cc2c(Nc3cccc4ccccc34)nc(Cc3ccccc3)nc2s1. The number of benzene rings is 3. The van der Waals surface area contributed by atoms with Crippen LogP contribution < -0.4 is 5.32 Å². The van der Waals surface area contributed by atoms with Gasteiger partial charge in [-0.1, -0.05) is 66.7 Å². The van der Waals surface area contributed by atoms with E-state index in [9.17, 15) is 0 Å². The number of aromatic nitrogens is 2. The molecule has 0 fully saturated rings. The smallest absolute Gasteiger partial charge is 0.142 e. The zero-order valence-corrected chi connectivity index (χ0v) is 16.3. The molecule has 28 heavy (non-hydrogen) atoms. The Balaban J connectivity index is 1.61. The highest BCUT2D eigenvalue weighted by Crippen LogP contribution is 2.32. The van der Waals surface area contributed by atoms with Gasteiger partial charge >= 0.3 is 0 Å². The standard InChI is InChI=1S/C24H19N3S/c1-16-14-20-23(25-21-13-7-11-18-10-5-6-12-19(18)21)26-22(27-24(20)28-16)15-17-8-3-2-4-9-17/h2-14H,15H2,1H3,(H,25,26,27). The van der Waals surface area contributed by atoms with E-state index in [-0.39, 0.29) is 0 Å². The van der Waals surface area contributed by atoms with Gasteiger partial charge in [-0.3, -0.25) is 0 Å². The van der Waals surface area contributed by atoms with Crippen molar-refractivity contribution in [3.8, 4) is 0 Å². The molecule has 0 saturated carbocycles. The summed E-state index contributed by atoms with van der Waals surface area (Å²) in [7, 11) is 0. The van der Waals surface area contributed by atoms with Crippen molar-refractivity contribution in [3.63, 3.8) is 0 Å². The molecular formula is C24H19N3S. The zero-order chi connectivity index (χ0) is 18.9. The Kier molecular flexibility index (Phi) is 4.26. The lowest BCUT2D eigenvalue weighted by Crippen LogP contribution is -2.02. The highest BCUT2D eigenvalue weighted by molar-refractivity contribution is 7.18. The summed E-state index contributed by atoms with van der Waals surface area (Å²) in [5.74, 6) is 1.71. The number of rotatable bonds is 4. The van der Waals surface area contributed by atoms with Crippen molar-refractivity contribution in [3.05, 3.63) is 95.1 Å². The number of thiophene rings is 1. The van der Waals surface area contributed by atoms with Crippen LogP contribution in [0.5, 0.6) is 0 Å². The summed E-state index contributed by atoms with van der Waals surface area (Å²) in [5.41, 5.74) is 2.28. The molecule has 3 nitrogen and oxygen atoms in total. The predicted octanol–water partition coefficient (Wildman–Crippen LogP) is 6.49. The van der Waals surface area contributed by atoms with Crippen molar-refractivity contribution in [2.24, 2.45) is 0 Å². The highest BCUT2D eigenvalue weighted by Gasteiger charge is 2.12. The maximum absolute atomic E-state index is 4.90. The Hall–Kier alpha value is -3.24. The molecule has 0 unspecified atom stereocenters. The predicted molar refractivity (Wildman–Crippen MR) is 119 cm³/mol. The first-order valence-electron chi connectivity index (χ1n) is 9.32. The Bertz CT molecular complexity index is 1270. The molecule has 0 spiro atoms. The van der Waals surface area contributed by atoms with Crippen LogP contribution in [0.3, 0.4) is 0 Å². The molecule has 0 aliphatic carbocycles. The monoisotopic (exact) mass is 381 g/mol. The fraction of sp³-hybridized carbons (Fsp3) is 0.0833. The van der Waals surface area contributed by atoms with E-state index in [1.165, 1.54) is 21.2 Å². The van der Waals surface area contributed by atoms with Crippen molar-refractivity contribution >= 4 is 43.8 Å². The lowest BCUT2D eigenvalue weighted by Gasteiger charge is -2.11. The number of nitrogens with zero attached hydrogens (tertiary/aromatic N) is 2. The van der Waals surface area contributed by atoms with Gasteiger partial charge in [-0.05, 0) is 30.0 Å². The summed E-state index contributed by atoms with van der Waals surface area (Å²) >= 11 is 1.71. The summed E-state index contributed by atoms with van der Waals surface area (Å²) in [6.45, 7) is 2.12. The molecule has 0 atom stereocenters. The van der Waals surface area contributed by atoms with Crippen LogP contribution in [0.15, 0.2) is 78.9 Å². The summed E-state index contributed by atoms with van der Waals surface area (Å²) < 4.78 is 0. The zero-order valence-electron chi connectivity index (χ0n) is 15.5. The number of hydrogen-bond donors (Lipinski definition) is 1. The van der Waals surface area contributed by atoms with Gasteiger partial charge in [-0.25, -0.2) is 9.97 Å². The topological polar surface area (TPSA) is 37.8 Å². The molecule has 2 heterocycles. The molecular weight excluding hydrogens is 362 g/mol. The van der Waals surface area contributed by atoms with E-state index in [0.29, 0.717) is 0 Å². The molecule has 5 aromatic rings. The Morgan fingerprint density at radius 2 is 1.61 bits per heavy atom. The molecule has 4 heteroatoms. The molecule has 0 saturated heterocycles. The summed E-state index contributed by atoms with van der Waals surface area (Å²) in [6, 6.07) is 27.3. The van der Waals surface area contributed by atoms with Gasteiger partial charge in [0, 0.05) is 22.4 Å². The lowest BCUT2D eigenvalue weighted by atomic mass is 10.1. The van der Waals surface area contributed by atoms with Crippen molar-refractivity contribution in [1.29, 1.82) is 0 Å². The molecule has 0 radical (unpaired) electrons. The first-order valence-corrected chi connectivity index (χ1v) is 10.1. The molecule has 0 bridgehead atoms. The molecule has 1 N–H and O–H groups in total. The van der Waals surface area contributed by atoms with Crippen molar-refractivity contribution < 1.29 is 0 Å². The number of hydrogen-bond acceptors (Lipinski definition) is 4. The van der Waals surface area contributed by atoms with Gasteiger partial charge in [-0.15, -0.1) is 11.3 Å². The van der Waals surface area contributed by atoms with Crippen LogP contribution in [0.25, 0.3) is 21.0 Å². The Morgan fingerprint density at radius 1 is 0.821 bits per heavy atom. The normalized spacial score (nSPS) is 11.2. The van der Waals surface area contributed by atoms with Crippen LogP contribution in [-0.4, -0.2) is 9.97 Å². The third-order valence-corrected chi connectivity index (χ3v) is 5.75. The molecule has 2 aromatic heterocycles. The minimum atomic E-state index is 0.720. The van der Waals surface area contributed by atoms with Crippen molar-refractivity contribution in [2.45, 2.75) is 13.3 Å². The van der Waals surface area contributed by atoms with Gasteiger partial charge in [-0.2, -0.15) is 0 Å².